The van der Waals surface area contributed by atoms with Gasteiger partial charge in [-0.3, -0.25) is 0 Å². The summed E-state index contributed by atoms with van der Waals surface area (Å²) in [5.41, 5.74) is 6.03. The quantitative estimate of drug-likeness (QED) is 0.568. The minimum Gasteiger partial charge on any atom is -1.00 e. The number of thiophene rings is 1. The fraction of sp³-hybridized carbons (Fsp3) is 0.174. The van der Waals surface area contributed by atoms with E-state index in [1.165, 1.54) is 46.2 Å². The lowest BCUT2D eigenvalue weighted by molar-refractivity contribution is -0.00000603. The predicted octanol–water partition coefficient (Wildman–Crippen LogP) is 3.22. The number of rotatable bonds is 2. The van der Waals surface area contributed by atoms with Crippen molar-refractivity contribution < 1.29 is 17.5 Å². The molecule has 0 atom stereocenters. The van der Waals surface area contributed by atoms with E-state index in [1.54, 1.807) is 12.1 Å². The first-order valence-corrected chi connectivity index (χ1v) is 9.91. The normalized spacial score (nSPS) is 13.2. The van der Waals surface area contributed by atoms with Crippen molar-refractivity contribution >= 4 is 21.6 Å². The van der Waals surface area contributed by atoms with E-state index in [4.69, 9.17) is 4.98 Å². The van der Waals surface area contributed by atoms with E-state index in [1.807, 2.05) is 23.5 Å². The Morgan fingerprint density at radius 2 is 1.59 bits per heavy atom. The van der Waals surface area contributed by atoms with Crippen LogP contribution in [0.25, 0.3) is 32.6 Å². The molecule has 136 valence electrons. The second-order valence-corrected chi connectivity index (χ2v) is 7.94. The first kappa shape index (κ1) is 18.0. The van der Waals surface area contributed by atoms with Crippen LogP contribution >= 0.6 is 11.3 Å². The van der Waals surface area contributed by atoms with Gasteiger partial charge in [-0.2, -0.15) is 0 Å². The molecule has 0 bridgehead atoms. The minimum atomic E-state index is 0. The molecule has 2 aromatic heterocycles. The van der Waals surface area contributed by atoms with Crippen molar-refractivity contribution in [2.45, 2.75) is 25.7 Å². The number of aryl methyl sites for hydroxylation is 2. The number of fused-ring (bicyclic) bond motifs is 3. The van der Waals surface area contributed by atoms with Crippen LogP contribution in [0.15, 0.2) is 60.7 Å². The van der Waals surface area contributed by atoms with Gasteiger partial charge in [-0.05, 0) is 72.7 Å². The van der Waals surface area contributed by atoms with Crippen molar-refractivity contribution in [2.24, 2.45) is 0 Å². The Bertz CT molecular complexity index is 1090. The Kier molecular flexibility index (Phi) is 4.90. The lowest BCUT2D eigenvalue weighted by Crippen LogP contribution is -3.00. The molecule has 2 aromatic carbocycles. The van der Waals surface area contributed by atoms with Crippen LogP contribution in [-0.4, -0.2) is 10.1 Å². The van der Waals surface area contributed by atoms with Crippen molar-refractivity contribution in [1.82, 2.24) is 4.98 Å². The van der Waals surface area contributed by atoms with Crippen LogP contribution < -0.4 is 12.4 Å². The summed E-state index contributed by atoms with van der Waals surface area (Å²) in [6.07, 6.45) is 4.90. The topological polar surface area (TPSA) is 33.1 Å². The van der Waals surface area contributed by atoms with E-state index in [-0.39, 0.29) is 18.2 Å². The summed E-state index contributed by atoms with van der Waals surface area (Å²) < 4.78 is 0. The van der Waals surface area contributed by atoms with Gasteiger partial charge in [0.25, 0.3) is 0 Å². The van der Waals surface area contributed by atoms with Gasteiger partial charge in [-0.25, -0.2) is 4.98 Å². The SMILES string of the molecule is Oc1ccc(-c2cc(-c3ccccc3)c3c4c(sc3n2)CCCC4)cc1.[Cl-]. The van der Waals surface area contributed by atoms with Gasteiger partial charge >= 0.3 is 0 Å². The van der Waals surface area contributed by atoms with Crippen molar-refractivity contribution in [3.8, 4) is 28.1 Å². The Morgan fingerprint density at radius 1 is 0.852 bits per heavy atom. The van der Waals surface area contributed by atoms with E-state index in [9.17, 15) is 5.11 Å². The first-order chi connectivity index (χ1) is 12.8. The highest BCUT2D eigenvalue weighted by Gasteiger charge is 2.21. The highest BCUT2D eigenvalue weighted by molar-refractivity contribution is 7.19. The second kappa shape index (κ2) is 7.34. The van der Waals surface area contributed by atoms with Gasteiger partial charge in [0.15, 0.2) is 0 Å². The van der Waals surface area contributed by atoms with Crippen LogP contribution in [0.2, 0.25) is 0 Å². The molecule has 4 heteroatoms. The molecule has 0 saturated heterocycles. The third-order valence-electron chi connectivity index (χ3n) is 5.17. The molecule has 0 fully saturated rings. The van der Waals surface area contributed by atoms with E-state index >= 15 is 0 Å². The fourth-order valence-corrected chi connectivity index (χ4v) is 5.17. The molecule has 27 heavy (non-hydrogen) atoms. The molecule has 1 N–H and O–H groups in total. The average Bonchev–Trinajstić information content (AvgIpc) is 3.07. The lowest BCUT2D eigenvalue weighted by atomic mass is 9.92. The molecule has 0 radical (unpaired) electrons. The molecule has 1 aliphatic carbocycles. The van der Waals surface area contributed by atoms with E-state index < -0.39 is 0 Å². The molecule has 0 aliphatic heterocycles. The number of nitrogens with zero attached hydrogens (tertiary/aromatic N) is 1. The number of halogens is 1. The summed E-state index contributed by atoms with van der Waals surface area (Å²) in [5, 5.41) is 10.9. The largest absolute Gasteiger partial charge is 1.00 e. The van der Waals surface area contributed by atoms with Gasteiger partial charge in [-0.1, -0.05) is 30.3 Å². The van der Waals surface area contributed by atoms with Crippen LogP contribution in [0.4, 0.5) is 0 Å². The van der Waals surface area contributed by atoms with E-state index in [2.05, 4.69) is 36.4 Å². The number of phenolic OH excluding ortho intramolecular Hbond substituents is 1. The molecule has 4 aromatic rings. The van der Waals surface area contributed by atoms with Gasteiger partial charge in [-0.15, -0.1) is 11.3 Å². The molecule has 1 aliphatic rings. The number of pyridine rings is 1. The van der Waals surface area contributed by atoms with Crippen LogP contribution in [-0.2, 0) is 12.8 Å². The third kappa shape index (κ3) is 3.22. The van der Waals surface area contributed by atoms with Gasteiger partial charge < -0.3 is 17.5 Å². The number of phenols is 1. The summed E-state index contributed by atoms with van der Waals surface area (Å²) in [5.74, 6) is 0.282. The zero-order valence-electron chi connectivity index (χ0n) is 14.8. The molecular formula is C23H19ClNOS-. The van der Waals surface area contributed by atoms with E-state index in [0.29, 0.717) is 0 Å². The third-order valence-corrected chi connectivity index (χ3v) is 6.36. The highest BCUT2D eigenvalue weighted by atomic mass is 35.5. The van der Waals surface area contributed by atoms with Crippen LogP contribution in [0.3, 0.4) is 0 Å². The zero-order valence-corrected chi connectivity index (χ0v) is 16.4. The van der Waals surface area contributed by atoms with Gasteiger partial charge in [0.1, 0.15) is 10.6 Å². The number of hydrogen-bond acceptors (Lipinski definition) is 3. The molecule has 0 spiro atoms. The maximum atomic E-state index is 9.60. The summed E-state index contributed by atoms with van der Waals surface area (Å²) in [6, 6.07) is 20.2. The molecule has 5 rings (SSSR count). The van der Waals surface area contributed by atoms with Crippen molar-refractivity contribution in [1.29, 1.82) is 0 Å². The zero-order chi connectivity index (χ0) is 17.5. The molecule has 0 unspecified atom stereocenters. The second-order valence-electron chi connectivity index (χ2n) is 6.86. The molecule has 0 amide bonds. The van der Waals surface area contributed by atoms with Crippen LogP contribution in [0.5, 0.6) is 5.75 Å². The summed E-state index contributed by atoms with van der Waals surface area (Å²) >= 11 is 1.86. The van der Waals surface area contributed by atoms with E-state index in [0.717, 1.165) is 22.5 Å². The van der Waals surface area contributed by atoms with Gasteiger partial charge in [0, 0.05) is 15.8 Å². The summed E-state index contributed by atoms with van der Waals surface area (Å²) in [4.78, 5) is 7.66. The molecule has 2 heterocycles. The smallest absolute Gasteiger partial charge is 0.125 e. The first-order valence-electron chi connectivity index (χ1n) is 9.10. The monoisotopic (exact) mass is 392 g/mol. The number of aromatic nitrogens is 1. The standard InChI is InChI=1S/C23H19NOS.ClH/c25-17-12-10-16(11-13-17)20-14-19(15-6-2-1-3-7-15)22-18-8-4-5-9-21(18)26-23(22)24-20;/h1-3,6-7,10-14,25H,4-5,8-9H2;1H/p-1. The average molecular weight is 393 g/mol. The van der Waals surface area contributed by atoms with Gasteiger partial charge in [0.2, 0.25) is 0 Å². The summed E-state index contributed by atoms with van der Waals surface area (Å²) in [6.45, 7) is 0. The molecular weight excluding hydrogens is 374 g/mol. The van der Waals surface area contributed by atoms with Crippen molar-refractivity contribution in [2.75, 3.05) is 0 Å². The Hall–Kier alpha value is -2.36. The van der Waals surface area contributed by atoms with Crippen LogP contribution in [0, 0.1) is 0 Å². The number of aromatic hydroxyl groups is 1. The lowest BCUT2D eigenvalue weighted by Gasteiger charge is -2.13. The van der Waals surface area contributed by atoms with Crippen molar-refractivity contribution in [3.63, 3.8) is 0 Å². The maximum Gasteiger partial charge on any atom is 0.125 e. The minimum absolute atomic E-state index is 0. The molecule has 0 saturated carbocycles. The molecule has 2 nitrogen and oxygen atoms in total. The number of hydrogen-bond donors (Lipinski definition) is 1. The number of benzene rings is 2. The van der Waals surface area contributed by atoms with Gasteiger partial charge in [0.05, 0.1) is 5.69 Å². The predicted molar refractivity (Wildman–Crippen MR) is 109 cm³/mol. The summed E-state index contributed by atoms with van der Waals surface area (Å²) in [7, 11) is 0. The maximum absolute atomic E-state index is 9.60. The Balaban J connectivity index is 0.00000180. The Morgan fingerprint density at radius 3 is 2.37 bits per heavy atom. The van der Waals surface area contributed by atoms with Crippen LogP contribution in [0.1, 0.15) is 23.3 Å². The fourth-order valence-electron chi connectivity index (χ4n) is 3.88. The highest BCUT2D eigenvalue weighted by Crippen LogP contribution is 2.42. The van der Waals surface area contributed by atoms with Crippen molar-refractivity contribution in [3.05, 3.63) is 71.1 Å². The Labute approximate surface area is 168 Å².